The van der Waals surface area contributed by atoms with E-state index in [9.17, 15) is 18.4 Å². The van der Waals surface area contributed by atoms with Gasteiger partial charge in [0.25, 0.3) is 5.91 Å². The van der Waals surface area contributed by atoms with Gasteiger partial charge in [-0.25, -0.2) is 18.7 Å². The monoisotopic (exact) mass is 419 g/mol. The van der Waals surface area contributed by atoms with Crippen LogP contribution in [0, 0.1) is 5.92 Å². The average molecular weight is 419 g/mol. The number of rotatable bonds is 6. The van der Waals surface area contributed by atoms with Gasteiger partial charge in [0, 0.05) is 51.5 Å². The van der Waals surface area contributed by atoms with Gasteiger partial charge in [-0.15, -0.1) is 0 Å². The van der Waals surface area contributed by atoms with E-state index in [-0.39, 0.29) is 43.2 Å². The fourth-order valence-electron chi connectivity index (χ4n) is 3.86. The molecule has 10 heteroatoms. The third-order valence-electron chi connectivity index (χ3n) is 5.54. The van der Waals surface area contributed by atoms with Crippen LogP contribution < -0.4 is 10.1 Å². The number of piperidine rings is 1. The molecule has 1 aliphatic heterocycles. The van der Waals surface area contributed by atoms with Gasteiger partial charge in [0.1, 0.15) is 11.6 Å². The van der Waals surface area contributed by atoms with Crippen LogP contribution in [-0.2, 0) is 4.79 Å². The van der Waals surface area contributed by atoms with Crippen LogP contribution in [0.1, 0.15) is 36.0 Å². The molecular formula is C20H23F2N5O3. The molecule has 2 fully saturated rings. The zero-order valence-corrected chi connectivity index (χ0v) is 16.4. The van der Waals surface area contributed by atoms with E-state index < -0.39 is 5.92 Å². The Morgan fingerprint density at radius 1 is 1.37 bits per heavy atom. The second-order valence-corrected chi connectivity index (χ2v) is 7.79. The summed E-state index contributed by atoms with van der Waals surface area (Å²) < 4.78 is 31.8. The number of carbonyl (C=O) groups excluding carboxylic acids is 2. The third-order valence-corrected chi connectivity index (χ3v) is 5.54. The minimum Gasteiger partial charge on any atom is -0.473 e. The second kappa shape index (κ2) is 8.00. The van der Waals surface area contributed by atoms with E-state index in [1.54, 1.807) is 4.90 Å². The van der Waals surface area contributed by atoms with Crippen LogP contribution in [0.15, 0.2) is 25.0 Å². The summed E-state index contributed by atoms with van der Waals surface area (Å²) in [5.74, 6) is -3.01. The van der Waals surface area contributed by atoms with Crippen LogP contribution in [-0.4, -0.2) is 63.3 Å². The number of hydrogen-bond acceptors (Lipinski definition) is 5. The van der Waals surface area contributed by atoms with Crippen molar-refractivity contribution in [3.8, 4) is 5.88 Å². The van der Waals surface area contributed by atoms with Crippen LogP contribution in [0.2, 0.25) is 0 Å². The molecule has 0 aromatic carbocycles. The SMILES string of the molecule is C=CC(=O)N1CCC(Oc2cnc3[nH]cc(C(=O)NCC4CC(F)(F)C4)c3n2)CC1. The number of fused-ring (bicyclic) bond motifs is 1. The molecule has 160 valence electrons. The van der Waals surface area contributed by atoms with Crippen molar-refractivity contribution < 1.29 is 23.1 Å². The number of H-pyrrole nitrogens is 1. The molecule has 0 bridgehead atoms. The van der Waals surface area contributed by atoms with Gasteiger partial charge in [0.2, 0.25) is 17.7 Å². The van der Waals surface area contributed by atoms with Crippen molar-refractivity contribution in [2.24, 2.45) is 5.92 Å². The van der Waals surface area contributed by atoms with Crippen molar-refractivity contribution in [3.05, 3.63) is 30.6 Å². The first-order chi connectivity index (χ1) is 14.3. The van der Waals surface area contributed by atoms with Gasteiger partial charge in [0.15, 0.2) is 5.65 Å². The van der Waals surface area contributed by atoms with Crippen molar-refractivity contribution in [3.63, 3.8) is 0 Å². The Morgan fingerprint density at radius 2 is 2.10 bits per heavy atom. The third kappa shape index (κ3) is 4.27. The van der Waals surface area contributed by atoms with Gasteiger partial charge in [-0.2, -0.15) is 0 Å². The summed E-state index contributed by atoms with van der Waals surface area (Å²) >= 11 is 0. The van der Waals surface area contributed by atoms with Gasteiger partial charge in [-0.1, -0.05) is 6.58 Å². The molecule has 2 N–H and O–H groups in total. The molecule has 8 nitrogen and oxygen atoms in total. The predicted octanol–water partition coefficient (Wildman–Crippen LogP) is 2.29. The molecule has 1 saturated carbocycles. The number of nitrogens with zero attached hydrogens (tertiary/aromatic N) is 3. The number of hydrogen-bond donors (Lipinski definition) is 2. The second-order valence-electron chi connectivity index (χ2n) is 7.79. The van der Waals surface area contributed by atoms with E-state index in [2.05, 4.69) is 26.8 Å². The van der Waals surface area contributed by atoms with E-state index in [1.807, 2.05) is 0 Å². The first-order valence-corrected chi connectivity index (χ1v) is 9.93. The van der Waals surface area contributed by atoms with Crippen molar-refractivity contribution in [2.45, 2.75) is 37.7 Å². The van der Waals surface area contributed by atoms with Gasteiger partial charge in [-0.3, -0.25) is 9.59 Å². The van der Waals surface area contributed by atoms with Gasteiger partial charge < -0.3 is 19.9 Å². The summed E-state index contributed by atoms with van der Waals surface area (Å²) in [6.07, 6.45) is 5.10. The molecule has 0 atom stereocenters. The summed E-state index contributed by atoms with van der Waals surface area (Å²) in [7, 11) is 0. The molecular weight excluding hydrogens is 396 g/mol. The average Bonchev–Trinajstić information content (AvgIpc) is 3.13. The smallest absolute Gasteiger partial charge is 0.255 e. The van der Waals surface area contributed by atoms with E-state index in [4.69, 9.17) is 4.74 Å². The quantitative estimate of drug-likeness (QED) is 0.700. The van der Waals surface area contributed by atoms with Crippen LogP contribution >= 0.6 is 0 Å². The lowest BCUT2D eigenvalue weighted by molar-refractivity contribution is -0.127. The Labute approximate surface area is 171 Å². The highest BCUT2D eigenvalue weighted by Gasteiger charge is 2.45. The fourth-order valence-corrected chi connectivity index (χ4v) is 3.86. The number of amides is 2. The first-order valence-electron chi connectivity index (χ1n) is 9.93. The lowest BCUT2D eigenvalue weighted by atomic mass is 9.81. The van der Waals surface area contributed by atoms with E-state index >= 15 is 0 Å². The molecule has 1 saturated heterocycles. The van der Waals surface area contributed by atoms with Crippen LogP contribution in [0.25, 0.3) is 11.2 Å². The van der Waals surface area contributed by atoms with Gasteiger partial charge in [-0.05, 0) is 12.0 Å². The van der Waals surface area contributed by atoms with Crippen molar-refractivity contribution in [1.82, 2.24) is 25.2 Å². The Morgan fingerprint density at radius 3 is 2.77 bits per heavy atom. The minimum atomic E-state index is -2.61. The number of alkyl halides is 2. The highest BCUT2D eigenvalue weighted by molar-refractivity contribution is 6.04. The minimum absolute atomic E-state index is 0.0942. The Bertz CT molecular complexity index is 961. The summed E-state index contributed by atoms with van der Waals surface area (Å²) in [6.45, 7) is 4.84. The Balaban J connectivity index is 1.37. The number of aromatic nitrogens is 3. The van der Waals surface area contributed by atoms with Crippen molar-refractivity contribution >= 4 is 23.0 Å². The highest BCUT2D eigenvalue weighted by Crippen LogP contribution is 2.41. The number of likely N-dealkylation sites (tertiary alicyclic amines) is 1. The standard InChI is InChI=1S/C20H23F2N5O3/c1-2-16(28)27-5-3-13(4-6-27)30-15-11-24-18-17(26-15)14(10-23-18)19(29)25-9-12-7-20(21,22)8-12/h2,10-13H,1,3-9H2,(H,23,24)(H,25,29). The summed E-state index contributed by atoms with van der Waals surface area (Å²) in [4.78, 5) is 37.4. The summed E-state index contributed by atoms with van der Waals surface area (Å²) in [5.41, 5.74) is 1.10. The molecule has 0 unspecified atom stereocenters. The molecule has 3 heterocycles. The molecule has 2 amide bonds. The maximum Gasteiger partial charge on any atom is 0.255 e. The number of nitrogens with one attached hydrogen (secondary N) is 2. The molecule has 1 aliphatic carbocycles. The molecule has 0 spiro atoms. The maximum absolute atomic E-state index is 12.9. The number of halogens is 2. The highest BCUT2D eigenvalue weighted by atomic mass is 19.3. The molecule has 0 radical (unpaired) electrons. The molecule has 4 rings (SSSR count). The summed E-state index contributed by atoms with van der Waals surface area (Å²) in [6, 6.07) is 0. The zero-order valence-electron chi connectivity index (χ0n) is 16.4. The van der Waals surface area contributed by atoms with Crippen LogP contribution in [0.4, 0.5) is 8.78 Å². The molecule has 30 heavy (non-hydrogen) atoms. The van der Waals surface area contributed by atoms with Gasteiger partial charge >= 0.3 is 0 Å². The van der Waals surface area contributed by atoms with E-state index in [1.165, 1.54) is 18.5 Å². The lowest BCUT2D eigenvalue weighted by Gasteiger charge is -2.34. The number of carbonyl (C=O) groups is 2. The fraction of sp³-hybridized carbons (Fsp3) is 0.500. The van der Waals surface area contributed by atoms with E-state index in [0.717, 1.165) is 0 Å². The topological polar surface area (TPSA) is 100 Å². The van der Waals surface area contributed by atoms with Crippen molar-refractivity contribution in [2.75, 3.05) is 19.6 Å². The van der Waals surface area contributed by atoms with E-state index in [0.29, 0.717) is 48.5 Å². The zero-order chi connectivity index (χ0) is 21.3. The number of ether oxygens (including phenoxy) is 1. The largest absolute Gasteiger partial charge is 0.473 e. The Hall–Kier alpha value is -3.04. The van der Waals surface area contributed by atoms with Gasteiger partial charge in [0.05, 0.1) is 11.8 Å². The molecule has 2 aliphatic rings. The summed E-state index contributed by atoms with van der Waals surface area (Å²) in [5, 5.41) is 2.69. The van der Waals surface area contributed by atoms with Crippen LogP contribution in [0.5, 0.6) is 5.88 Å². The normalized spacial score (nSPS) is 19.3. The lowest BCUT2D eigenvalue weighted by Crippen LogP contribution is -2.42. The Kier molecular flexibility index (Phi) is 5.40. The van der Waals surface area contributed by atoms with Crippen molar-refractivity contribution in [1.29, 1.82) is 0 Å². The maximum atomic E-state index is 12.9. The molecule has 2 aromatic rings. The van der Waals surface area contributed by atoms with Crippen LogP contribution in [0.3, 0.4) is 0 Å². The first kappa shape index (κ1) is 20.2. The number of aromatic amines is 1. The predicted molar refractivity (Wildman–Crippen MR) is 104 cm³/mol. The molecule has 2 aromatic heterocycles.